The van der Waals surface area contributed by atoms with Gasteiger partial charge in [-0.2, -0.15) is 0 Å². The Labute approximate surface area is 187 Å². The number of carbonyl (C=O) groups excluding carboxylic acids is 2. The molecule has 0 heterocycles. The normalized spacial score (nSPS) is 11.7. The lowest BCUT2D eigenvalue weighted by molar-refractivity contribution is 0.0975. The lowest BCUT2D eigenvalue weighted by Crippen LogP contribution is -2.27. The summed E-state index contributed by atoms with van der Waals surface area (Å²) in [6.45, 7) is 2.44. The lowest BCUT2D eigenvalue weighted by atomic mass is 9.81. The quantitative estimate of drug-likeness (QED) is 0.224. The largest absolute Gasteiger partial charge is 0.507 e. The predicted octanol–water partition coefficient (Wildman–Crippen LogP) is 1.98. The Balaban J connectivity index is 0.00000225. The van der Waals surface area contributed by atoms with E-state index in [2.05, 4.69) is 21.3 Å². The van der Waals surface area contributed by atoms with Gasteiger partial charge in [0.25, 0.3) is 0 Å². The minimum Gasteiger partial charge on any atom is -0.507 e. The number of aromatic hydroxyl groups is 2. The first kappa shape index (κ1) is 25.5. The minimum atomic E-state index is -0.498. The Kier molecular flexibility index (Phi) is 9.38. The maximum Gasteiger partial charge on any atom is 0.200 e. The molecular formula is C20H26Cl2N4O4. The van der Waals surface area contributed by atoms with Gasteiger partial charge in [0.05, 0.1) is 22.3 Å². The van der Waals surface area contributed by atoms with Gasteiger partial charge in [-0.05, 0) is 38.4 Å². The van der Waals surface area contributed by atoms with Crippen LogP contribution < -0.4 is 21.3 Å². The summed E-state index contributed by atoms with van der Waals surface area (Å²) in [6, 6.07) is 5.92. The summed E-state index contributed by atoms with van der Waals surface area (Å²) in [7, 11) is 3.63. The molecule has 0 radical (unpaired) electrons. The van der Waals surface area contributed by atoms with Gasteiger partial charge in [0.15, 0.2) is 0 Å². The Hall–Kier alpha value is -2.52. The molecule has 0 aliphatic heterocycles. The fraction of sp³-hybridized carbons (Fsp3) is 0.300. The molecule has 0 saturated heterocycles. The molecule has 0 aromatic heterocycles. The number of likely N-dealkylation sites (N-methyl/N-ethyl adjacent to an activating group) is 2. The Morgan fingerprint density at radius 1 is 0.633 bits per heavy atom. The maximum atomic E-state index is 13.2. The van der Waals surface area contributed by atoms with Gasteiger partial charge in [-0.25, -0.2) is 0 Å². The first-order valence-corrected chi connectivity index (χ1v) is 9.09. The van der Waals surface area contributed by atoms with Gasteiger partial charge < -0.3 is 31.5 Å². The lowest BCUT2D eigenvalue weighted by Gasteiger charge is -2.25. The molecule has 1 aliphatic carbocycles. The average Bonchev–Trinajstić information content (AvgIpc) is 2.68. The fourth-order valence-corrected chi connectivity index (χ4v) is 3.30. The molecule has 0 unspecified atom stereocenters. The van der Waals surface area contributed by atoms with Crippen LogP contribution in [-0.4, -0.2) is 62.1 Å². The highest BCUT2D eigenvalue weighted by molar-refractivity contribution is 6.33. The number of carbonyl (C=O) groups is 2. The third-order valence-corrected chi connectivity index (χ3v) is 4.66. The first-order chi connectivity index (χ1) is 13.5. The van der Waals surface area contributed by atoms with Crippen LogP contribution in [0.1, 0.15) is 31.8 Å². The average molecular weight is 457 g/mol. The summed E-state index contributed by atoms with van der Waals surface area (Å²) >= 11 is 0. The van der Waals surface area contributed by atoms with Crippen molar-refractivity contribution in [3.05, 3.63) is 46.5 Å². The van der Waals surface area contributed by atoms with Crippen molar-refractivity contribution in [1.29, 1.82) is 0 Å². The Morgan fingerprint density at radius 3 is 1.33 bits per heavy atom. The number of phenolic OH excluding ortho intramolecular Hbond substituents is 2. The number of anilines is 2. The van der Waals surface area contributed by atoms with Gasteiger partial charge in [-0.3, -0.25) is 9.59 Å². The van der Waals surface area contributed by atoms with Crippen LogP contribution in [0, 0.1) is 0 Å². The molecule has 0 fully saturated rings. The van der Waals surface area contributed by atoms with Gasteiger partial charge in [0.1, 0.15) is 11.5 Å². The van der Waals surface area contributed by atoms with Crippen molar-refractivity contribution < 1.29 is 19.8 Å². The van der Waals surface area contributed by atoms with Crippen molar-refractivity contribution in [3.8, 4) is 11.5 Å². The summed E-state index contributed by atoms with van der Waals surface area (Å²) in [6.07, 6.45) is 0. The fourth-order valence-electron chi connectivity index (χ4n) is 3.30. The molecule has 30 heavy (non-hydrogen) atoms. The molecule has 10 heteroatoms. The zero-order valence-corrected chi connectivity index (χ0v) is 18.3. The van der Waals surface area contributed by atoms with Crippen LogP contribution in [0.5, 0.6) is 11.5 Å². The zero-order valence-electron chi connectivity index (χ0n) is 16.7. The van der Waals surface area contributed by atoms with Crippen molar-refractivity contribution in [2.24, 2.45) is 0 Å². The molecule has 1 aliphatic rings. The van der Waals surface area contributed by atoms with Gasteiger partial charge in [-0.1, -0.05) is 0 Å². The molecule has 0 spiro atoms. The van der Waals surface area contributed by atoms with E-state index >= 15 is 0 Å². The van der Waals surface area contributed by atoms with Crippen molar-refractivity contribution in [3.63, 3.8) is 0 Å². The summed E-state index contributed by atoms with van der Waals surface area (Å²) < 4.78 is 0. The van der Waals surface area contributed by atoms with E-state index in [1.807, 2.05) is 14.1 Å². The van der Waals surface area contributed by atoms with Crippen molar-refractivity contribution in [1.82, 2.24) is 10.6 Å². The number of benzene rings is 2. The van der Waals surface area contributed by atoms with Gasteiger partial charge in [0, 0.05) is 37.6 Å². The first-order valence-electron chi connectivity index (χ1n) is 9.09. The number of halogens is 2. The van der Waals surface area contributed by atoms with Crippen LogP contribution >= 0.6 is 24.8 Å². The van der Waals surface area contributed by atoms with E-state index < -0.39 is 11.6 Å². The van der Waals surface area contributed by atoms with Crippen LogP contribution in [-0.2, 0) is 0 Å². The summed E-state index contributed by atoms with van der Waals surface area (Å²) in [5.74, 6) is -1.65. The number of fused-ring (bicyclic) bond motifs is 2. The summed E-state index contributed by atoms with van der Waals surface area (Å²) in [5, 5.41) is 32.8. The molecule has 0 saturated carbocycles. The van der Waals surface area contributed by atoms with Crippen LogP contribution in [0.3, 0.4) is 0 Å². The van der Waals surface area contributed by atoms with Gasteiger partial charge >= 0.3 is 0 Å². The highest BCUT2D eigenvalue weighted by atomic mass is 35.5. The minimum absolute atomic E-state index is 0. The third-order valence-electron chi connectivity index (χ3n) is 4.66. The molecule has 0 bridgehead atoms. The van der Waals surface area contributed by atoms with Crippen LogP contribution in [0.2, 0.25) is 0 Å². The van der Waals surface area contributed by atoms with E-state index in [0.29, 0.717) is 37.6 Å². The van der Waals surface area contributed by atoms with E-state index in [4.69, 9.17) is 0 Å². The second-order valence-corrected chi connectivity index (χ2v) is 6.48. The molecule has 0 amide bonds. The van der Waals surface area contributed by atoms with Gasteiger partial charge in [0.2, 0.25) is 11.6 Å². The number of hydrogen-bond donors (Lipinski definition) is 6. The Morgan fingerprint density at radius 2 is 1.00 bits per heavy atom. The van der Waals surface area contributed by atoms with Crippen molar-refractivity contribution >= 4 is 47.8 Å². The number of ketones is 2. The van der Waals surface area contributed by atoms with E-state index in [0.717, 1.165) is 0 Å². The number of phenols is 2. The standard InChI is InChI=1S/C20H24N4O4.2ClH/c1-21-7-9-23-11-3-4-12(24-10-8-22-2)16-15(11)19(27)17-13(25)5-6-14(26)18(17)20(16)28;;/h3-6,21-26H,7-10H2,1-2H3;2*1H. The second kappa shape index (κ2) is 11.0. The molecule has 6 N–H and O–H groups in total. The van der Waals surface area contributed by atoms with E-state index in [1.54, 1.807) is 12.1 Å². The molecule has 164 valence electrons. The second-order valence-electron chi connectivity index (χ2n) is 6.48. The molecule has 2 aromatic carbocycles. The molecule has 8 nitrogen and oxygen atoms in total. The van der Waals surface area contributed by atoms with Crippen LogP contribution in [0.4, 0.5) is 11.4 Å². The molecule has 2 aromatic rings. The van der Waals surface area contributed by atoms with Crippen molar-refractivity contribution in [2.45, 2.75) is 0 Å². The Bertz CT molecular complexity index is 864. The molecule has 0 atom stereocenters. The smallest absolute Gasteiger partial charge is 0.200 e. The molecular weight excluding hydrogens is 431 g/mol. The molecule has 3 rings (SSSR count). The van der Waals surface area contributed by atoms with Crippen LogP contribution in [0.15, 0.2) is 24.3 Å². The number of nitrogens with one attached hydrogen (secondary N) is 4. The number of hydrogen-bond acceptors (Lipinski definition) is 8. The monoisotopic (exact) mass is 456 g/mol. The maximum absolute atomic E-state index is 13.2. The number of rotatable bonds is 8. The van der Waals surface area contributed by atoms with Crippen LogP contribution in [0.25, 0.3) is 0 Å². The van der Waals surface area contributed by atoms with E-state index in [-0.39, 0.29) is 58.6 Å². The SMILES string of the molecule is CNCCNc1ccc(NCCNC)c2c1C(=O)c1c(O)ccc(O)c1C2=O.Cl.Cl. The highest BCUT2D eigenvalue weighted by Crippen LogP contribution is 2.42. The summed E-state index contributed by atoms with van der Waals surface area (Å²) in [4.78, 5) is 26.5. The highest BCUT2D eigenvalue weighted by Gasteiger charge is 2.37. The van der Waals surface area contributed by atoms with E-state index in [9.17, 15) is 19.8 Å². The van der Waals surface area contributed by atoms with Crippen molar-refractivity contribution in [2.75, 3.05) is 50.9 Å². The van der Waals surface area contributed by atoms with Gasteiger partial charge in [-0.15, -0.1) is 24.8 Å². The predicted molar refractivity (Wildman–Crippen MR) is 122 cm³/mol. The third kappa shape index (κ3) is 4.62. The topological polar surface area (TPSA) is 123 Å². The van der Waals surface area contributed by atoms with E-state index in [1.165, 1.54) is 12.1 Å². The summed E-state index contributed by atoms with van der Waals surface area (Å²) in [5.41, 5.74) is 1.09. The zero-order chi connectivity index (χ0) is 20.3.